The van der Waals surface area contributed by atoms with E-state index in [9.17, 15) is 9.59 Å². The number of imide groups is 1. The van der Waals surface area contributed by atoms with Crippen LogP contribution in [0, 0.1) is 0 Å². The molecule has 0 radical (unpaired) electrons. The molecule has 3 aliphatic rings. The van der Waals surface area contributed by atoms with Gasteiger partial charge in [-0.25, -0.2) is 4.79 Å². The number of ether oxygens (including phenoxy) is 2. The number of fused-ring (bicyclic) bond motifs is 1. The molecule has 2 atom stereocenters. The van der Waals surface area contributed by atoms with Gasteiger partial charge in [-0.05, 0) is 45.5 Å². The minimum Gasteiger partial charge on any atom is -0.454 e. The maximum absolute atomic E-state index is 13.3. The van der Waals surface area contributed by atoms with Crippen molar-refractivity contribution in [3.05, 3.63) is 23.8 Å². The van der Waals surface area contributed by atoms with Gasteiger partial charge in [-0.3, -0.25) is 9.69 Å². The first-order valence-corrected chi connectivity index (χ1v) is 8.47. The van der Waals surface area contributed by atoms with Crippen molar-refractivity contribution < 1.29 is 19.1 Å². The Labute approximate surface area is 146 Å². The number of carbonyl (C=O) groups excluding carboxylic acids is 2. The van der Waals surface area contributed by atoms with Gasteiger partial charge < -0.3 is 19.7 Å². The third-order valence-electron chi connectivity index (χ3n) is 5.20. The summed E-state index contributed by atoms with van der Waals surface area (Å²) in [4.78, 5) is 29.3. The topological polar surface area (TPSA) is 71.1 Å². The lowest BCUT2D eigenvalue weighted by Crippen LogP contribution is -2.54. The first-order chi connectivity index (χ1) is 11.7. The molecule has 0 aromatic heterocycles. The number of hydrogen-bond donors (Lipinski definition) is 1. The summed E-state index contributed by atoms with van der Waals surface area (Å²) in [5.41, 5.74) is -0.532. The minimum atomic E-state index is -0.938. The third kappa shape index (κ3) is 2.29. The largest absolute Gasteiger partial charge is 0.454 e. The molecule has 2 saturated heterocycles. The van der Waals surface area contributed by atoms with E-state index in [0.29, 0.717) is 24.6 Å². The van der Waals surface area contributed by atoms with E-state index >= 15 is 0 Å². The fraction of sp³-hybridized carbons (Fsp3) is 0.556. The van der Waals surface area contributed by atoms with Gasteiger partial charge >= 0.3 is 6.03 Å². The highest BCUT2D eigenvalue weighted by Gasteiger charge is 2.61. The minimum absolute atomic E-state index is 0.143. The van der Waals surface area contributed by atoms with Gasteiger partial charge in [-0.2, -0.15) is 0 Å². The summed E-state index contributed by atoms with van der Waals surface area (Å²) >= 11 is 0. The van der Waals surface area contributed by atoms with Crippen LogP contribution < -0.4 is 14.8 Å². The summed E-state index contributed by atoms with van der Waals surface area (Å²) < 4.78 is 10.9. The van der Waals surface area contributed by atoms with Crippen LogP contribution in [-0.4, -0.2) is 59.7 Å². The normalized spacial score (nSPS) is 29.0. The van der Waals surface area contributed by atoms with E-state index in [1.54, 1.807) is 0 Å². The summed E-state index contributed by atoms with van der Waals surface area (Å²) in [7, 11) is 1.97. The summed E-state index contributed by atoms with van der Waals surface area (Å²) in [5.74, 6) is 1.10. The Balaban J connectivity index is 1.76. The molecular formula is C18H23N3O4. The first-order valence-electron chi connectivity index (χ1n) is 8.47. The summed E-state index contributed by atoms with van der Waals surface area (Å²) in [5, 5.41) is 3.01. The molecule has 0 aliphatic carbocycles. The molecule has 1 spiro atoms. The number of amides is 3. The molecule has 4 rings (SSSR count). The molecule has 1 N–H and O–H groups in total. The monoisotopic (exact) mass is 345 g/mol. The highest BCUT2D eigenvalue weighted by atomic mass is 16.7. The van der Waals surface area contributed by atoms with Crippen molar-refractivity contribution in [3.63, 3.8) is 0 Å². The zero-order valence-corrected chi connectivity index (χ0v) is 15.0. The average molecular weight is 345 g/mol. The number of benzene rings is 1. The number of rotatable bonds is 1. The first kappa shape index (κ1) is 16.2. The Morgan fingerprint density at radius 3 is 2.60 bits per heavy atom. The van der Waals surface area contributed by atoms with E-state index in [4.69, 9.17) is 9.47 Å². The lowest BCUT2D eigenvalue weighted by atomic mass is 9.81. The second kappa shape index (κ2) is 5.11. The molecule has 7 nitrogen and oxygen atoms in total. The van der Waals surface area contributed by atoms with Gasteiger partial charge in [0.25, 0.3) is 5.91 Å². The number of likely N-dealkylation sites (tertiary alicyclic amines) is 1. The van der Waals surface area contributed by atoms with Crippen LogP contribution in [0.2, 0.25) is 0 Å². The third-order valence-corrected chi connectivity index (χ3v) is 5.20. The predicted molar refractivity (Wildman–Crippen MR) is 90.7 cm³/mol. The van der Waals surface area contributed by atoms with E-state index in [1.807, 2.05) is 46.0 Å². The standard InChI is InChI=1S/C18H23N3O4/c1-17(2,3)21-15(22)18(19-16(21)23)9-20(4)8-12(18)11-5-6-13-14(7-11)25-10-24-13/h5-7,12H,8-10H2,1-4H3,(H,19,23)/t12-,18+/m1/s1. The average Bonchev–Trinajstić information content (AvgIpc) is 3.15. The van der Waals surface area contributed by atoms with Gasteiger partial charge in [-0.15, -0.1) is 0 Å². The van der Waals surface area contributed by atoms with Gasteiger partial charge in [0.15, 0.2) is 11.5 Å². The maximum atomic E-state index is 13.3. The highest BCUT2D eigenvalue weighted by molar-refractivity contribution is 6.08. The zero-order chi connectivity index (χ0) is 18.0. The second-order valence-electron chi connectivity index (χ2n) is 8.07. The van der Waals surface area contributed by atoms with E-state index < -0.39 is 11.1 Å². The maximum Gasteiger partial charge on any atom is 0.325 e. The number of likely N-dealkylation sites (N-methyl/N-ethyl adjacent to an activating group) is 1. The van der Waals surface area contributed by atoms with Gasteiger partial charge in [0.1, 0.15) is 5.54 Å². The van der Waals surface area contributed by atoms with Crippen molar-refractivity contribution in [2.45, 2.75) is 37.8 Å². The Morgan fingerprint density at radius 2 is 1.92 bits per heavy atom. The van der Waals surface area contributed by atoms with Crippen LogP contribution in [0.4, 0.5) is 4.79 Å². The fourth-order valence-electron chi connectivity index (χ4n) is 4.13. The van der Waals surface area contributed by atoms with E-state index in [-0.39, 0.29) is 24.6 Å². The smallest absolute Gasteiger partial charge is 0.325 e. The molecule has 3 amide bonds. The second-order valence-corrected chi connectivity index (χ2v) is 8.07. The van der Waals surface area contributed by atoms with Gasteiger partial charge in [0, 0.05) is 24.5 Å². The highest BCUT2D eigenvalue weighted by Crippen LogP contribution is 2.44. The van der Waals surface area contributed by atoms with Crippen molar-refractivity contribution in [1.29, 1.82) is 0 Å². The lowest BCUT2D eigenvalue weighted by Gasteiger charge is -2.32. The van der Waals surface area contributed by atoms with Gasteiger partial charge in [0.2, 0.25) is 6.79 Å². The molecule has 7 heteroatoms. The molecule has 1 aromatic carbocycles. The summed E-state index contributed by atoms with van der Waals surface area (Å²) in [6.07, 6.45) is 0. The van der Waals surface area contributed by atoms with Crippen LogP contribution in [0.25, 0.3) is 0 Å². The van der Waals surface area contributed by atoms with Crippen LogP contribution >= 0.6 is 0 Å². The van der Waals surface area contributed by atoms with Crippen molar-refractivity contribution >= 4 is 11.9 Å². The summed E-state index contributed by atoms with van der Waals surface area (Å²) in [6, 6.07) is 5.43. The van der Waals surface area contributed by atoms with Crippen LogP contribution in [0.15, 0.2) is 18.2 Å². The molecule has 0 bridgehead atoms. The molecule has 1 aromatic rings. The molecule has 3 heterocycles. The Bertz CT molecular complexity index is 757. The van der Waals surface area contributed by atoms with Crippen LogP contribution in [0.1, 0.15) is 32.3 Å². The Morgan fingerprint density at radius 1 is 1.20 bits per heavy atom. The van der Waals surface area contributed by atoms with Crippen molar-refractivity contribution in [2.24, 2.45) is 0 Å². The van der Waals surface area contributed by atoms with Crippen LogP contribution in [0.5, 0.6) is 11.5 Å². The fourth-order valence-corrected chi connectivity index (χ4v) is 4.13. The van der Waals surface area contributed by atoms with Crippen molar-refractivity contribution in [3.8, 4) is 11.5 Å². The van der Waals surface area contributed by atoms with Crippen LogP contribution in [-0.2, 0) is 4.79 Å². The van der Waals surface area contributed by atoms with E-state index in [0.717, 1.165) is 5.56 Å². The number of carbonyl (C=O) groups is 2. The molecule has 25 heavy (non-hydrogen) atoms. The zero-order valence-electron chi connectivity index (χ0n) is 15.0. The van der Waals surface area contributed by atoms with E-state index in [1.165, 1.54) is 4.90 Å². The molecule has 3 aliphatic heterocycles. The Kier molecular flexibility index (Phi) is 3.31. The quantitative estimate of drug-likeness (QED) is 0.782. The number of urea groups is 1. The number of hydrogen-bond acceptors (Lipinski definition) is 5. The van der Waals surface area contributed by atoms with Crippen molar-refractivity contribution in [2.75, 3.05) is 26.9 Å². The lowest BCUT2D eigenvalue weighted by molar-refractivity contribution is -0.134. The van der Waals surface area contributed by atoms with E-state index in [2.05, 4.69) is 10.2 Å². The predicted octanol–water partition coefficient (Wildman–Crippen LogP) is 1.53. The van der Waals surface area contributed by atoms with Gasteiger partial charge in [-0.1, -0.05) is 6.07 Å². The van der Waals surface area contributed by atoms with Crippen LogP contribution in [0.3, 0.4) is 0 Å². The van der Waals surface area contributed by atoms with Crippen molar-refractivity contribution in [1.82, 2.24) is 15.1 Å². The molecule has 2 fully saturated rings. The molecule has 0 saturated carbocycles. The summed E-state index contributed by atoms with van der Waals surface area (Å²) in [6.45, 7) is 7.00. The molecule has 0 unspecified atom stereocenters. The number of nitrogens with one attached hydrogen (secondary N) is 1. The van der Waals surface area contributed by atoms with Gasteiger partial charge in [0.05, 0.1) is 0 Å². The Hall–Kier alpha value is -2.28. The molecule has 134 valence electrons. The SMILES string of the molecule is CN1C[C@H](c2ccc3c(c2)OCO3)[C@]2(C1)NC(=O)N(C(C)(C)C)C2=O. The number of nitrogens with zero attached hydrogens (tertiary/aromatic N) is 2. The molecular weight excluding hydrogens is 322 g/mol.